The summed E-state index contributed by atoms with van der Waals surface area (Å²) in [4.78, 5) is 37.8. The van der Waals surface area contributed by atoms with Crippen LogP contribution in [0.5, 0.6) is 0 Å². The topological polar surface area (TPSA) is 134 Å². The van der Waals surface area contributed by atoms with Gasteiger partial charge in [0, 0.05) is 12.3 Å². The molecule has 0 aromatic carbocycles. The summed E-state index contributed by atoms with van der Waals surface area (Å²) in [5.74, 6) is -2.58. The highest BCUT2D eigenvalue weighted by Crippen LogP contribution is 2.55. The maximum absolute atomic E-state index is 11.7. The zero-order valence-corrected chi connectivity index (χ0v) is 18.1. The van der Waals surface area contributed by atoms with E-state index in [4.69, 9.17) is 9.05 Å². The molecule has 4 N–H and O–H groups in total. The molecule has 0 aliphatic rings. The molecule has 0 spiro atoms. The van der Waals surface area contributed by atoms with Gasteiger partial charge in [-0.05, 0) is 18.8 Å². The van der Waals surface area contributed by atoms with Crippen LogP contribution in [0.1, 0.15) is 85.5 Å². The lowest BCUT2D eigenvalue weighted by atomic mass is 9.82. The summed E-state index contributed by atoms with van der Waals surface area (Å²) < 4.78 is 33.3. The van der Waals surface area contributed by atoms with Crippen LogP contribution in [-0.2, 0) is 18.2 Å². The first-order chi connectivity index (χ1) is 11.9. The van der Waals surface area contributed by atoms with Crippen molar-refractivity contribution in [2.45, 2.75) is 91.3 Å². The Kier molecular flexibility index (Phi) is 12.0. The van der Waals surface area contributed by atoms with Gasteiger partial charge in [0.2, 0.25) is 0 Å². The maximum Gasteiger partial charge on any atom is 0.472 e. The molecule has 0 bridgehead atoms. The fourth-order valence-electron chi connectivity index (χ4n) is 3.34. The van der Waals surface area contributed by atoms with Crippen LogP contribution in [0.4, 0.5) is 0 Å². The predicted octanol–water partition coefficient (Wildman–Crippen LogP) is 4.72. The van der Waals surface area contributed by atoms with E-state index < -0.39 is 27.4 Å². The minimum atomic E-state index is -5.03. The molecule has 26 heavy (non-hydrogen) atoms. The Hall–Kier alpha value is 0.220. The van der Waals surface area contributed by atoms with Gasteiger partial charge in [-0.3, -0.25) is 9.05 Å². The Balaban J connectivity index is 5.97. The number of phosphoric acid groups is 2. The van der Waals surface area contributed by atoms with Crippen LogP contribution in [0.2, 0.25) is 0 Å². The van der Waals surface area contributed by atoms with Crippen LogP contribution < -0.4 is 0 Å². The van der Waals surface area contributed by atoms with Gasteiger partial charge in [0.25, 0.3) is 0 Å². The quantitative estimate of drug-likeness (QED) is 0.222. The standard InChI is InChI=1S/C16H36O8P2/c1-5-9-11-14(7-3)13-16(23-25(17,18)19,24-26(20,21)22)15(8-4)12-10-6-2/h14-15H,5-13H2,1-4H3,(H2,17,18,19)(H2,20,21,22). The predicted molar refractivity (Wildman–Crippen MR) is 100 cm³/mol. The minimum Gasteiger partial charge on any atom is -0.303 e. The number of hydrogen-bond acceptors (Lipinski definition) is 4. The lowest BCUT2D eigenvalue weighted by molar-refractivity contribution is -0.192. The molecule has 0 saturated carbocycles. The SMILES string of the molecule is CCCCC(CC)CC(OP(=O)(O)O)(OP(=O)(O)O)C(CC)CCCC. The zero-order chi connectivity index (χ0) is 20.4. The third-order valence-corrected chi connectivity index (χ3v) is 5.78. The first-order valence-electron chi connectivity index (χ1n) is 9.45. The van der Waals surface area contributed by atoms with Crippen molar-refractivity contribution in [3.8, 4) is 0 Å². The first kappa shape index (κ1) is 26.2. The van der Waals surface area contributed by atoms with Crippen molar-refractivity contribution in [1.82, 2.24) is 0 Å². The van der Waals surface area contributed by atoms with Gasteiger partial charge in [-0.2, -0.15) is 0 Å². The van der Waals surface area contributed by atoms with Gasteiger partial charge in [0.05, 0.1) is 0 Å². The van der Waals surface area contributed by atoms with Gasteiger partial charge < -0.3 is 19.6 Å². The Bertz CT molecular complexity index is 449. The van der Waals surface area contributed by atoms with Crippen molar-refractivity contribution < 1.29 is 37.8 Å². The van der Waals surface area contributed by atoms with Crippen LogP contribution in [-0.4, -0.2) is 25.4 Å². The van der Waals surface area contributed by atoms with Crippen molar-refractivity contribution in [1.29, 1.82) is 0 Å². The van der Waals surface area contributed by atoms with E-state index >= 15 is 0 Å². The van der Waals surface area contributed by atoms with Crippen molar-refractivity contribution in [2.24, 2.45) is 11.8 Å². The molecule has 0 radical (unpaired) electrons. The molecule has 0 rings (SSSR count). The highest BCUT2D eigenvalue weighted by Gasteiger charge is 2.50. The molecule has 0 amide bonds. The summed E-state index contributed by atoms with van der Waals surface area (Å²) in [7, 11) is -10.1. The van der Waals surface area contributed by atoms with E-state index in [1.54, 1.807) is 6.92 Å². The summed E-state index contributed by atoms with van der Waals surface area (Å²) >= 11 is 0. The largest absolute Gasteiger partial charge is 0.472 e. The zero-order valence-electron chi connectivity index (χ0n) is 16.3. The molecule has 0 heterocycles. The Morgan fingerprint density at radius 1 is 0.808 bits per heavy atom. The molecule has 2 unspecified atom stereocenters. The van der Waals surface area contributed by atoms with Crippen LogP contribution in [0.25, 0.3) is 0 Å². The van der Waals surface area contributed by atoms with Crippen LogP contribution in [0.15, 0.2) is 0 Å². The van der Waals surface area contributed by atoms with E-state index in [0.717, 1.165) is 32.1 Å². The van der Waals surface area contributed by atoms with Gasteiger partial charge in [-0.1, -0.05) is 66.2 Å². The van der Waals surface area contributed by atoms with Crippen LogP contribution in [0, 0.1) is 11.8 Å². The molecule has 2 atom stereocenters. The van der Waals surface area contributed by atoms with Gasteiger partial charge in [-0.25, -0.2) is 9.13 Å². The fraction of sp³-hybridized carbons (Fsp3) is 1.00. The molecular weight excluding hydrogens is 382 g/mol. The monoisotopic (exact) mass is 418 g/mol. The summed E-state index contributed by atoms with van der Waals surface area (Å²) in [6, 6.07) is 0. The lowest BCUT2D eigenvalue weighted by Crippen LogP contribution is -2.44. The highest BCUT2D eigenvalue weighted by atomic mass is 31.2. The second-order valence-corrected chi connectivity index (χ2v) is 9.17. The Labute approximate surface area is 157 Å². The number of phosphoric ester groups is 2. The first-order valence-corrected chi connectivity index (χ1v) is 12.5. The molecule has 0 fully saturated rings. The second-order valence-electron chi connectivity index (χ2n) is 6.84. The summed E-state index contributed by atoms with van der Waals surface area (Å²) in [6.07, 6.45) is 5.85. The van der Waals surface area contributed by atoms with Gasteiger partial charge >= 0.3 is 15.6 Å². The summed E-state index contributed by atoms with van der Waals surface area (Å²) in [6.45, 7) is 7.74. The minimum absolute atomic E-state index is 0.0243. The van der Waals surface area contributed by atoms with Crippen molar-refractivity contribution in [3.05, 3.63) is 0 Å². The second kappa shape index (κ2) is 11.9. The number of unbranched alkanes of at least 4 members (excludes halogenated alkanes) is 2. The van der Waals surface area contributed by atoms with Crippen molar-refractivity contribution in [2.75, 3.05) is 0 Å². The molecule has 0 aliphatic carbocycles. The highest BCUT2D eigenvalue weighted by molar-refractivity contribution is 7.47. The molecule has 0 aliphatic heterocycles. The van der Waals surface area contributed by atoms with E-state index in [1.807, 2.05) is 20.8 Å². The van der Waals surface area contributed by atoms with Crippen LogP contribution >= 0.6 is 15.6 Å². The van der Waals surface area contributed by atoms with E-state index in [1.165, 1.54) is 0 Å². The Morgan fingerprint density at radius 3 is 1.62 bits per heavy atom. The van der Waals surface area contributed by atoms with E-state index in [2.05, 4.69) is 0 Å². The lowest BCUT2D eigenvalue weighted by Gasteiger charge is -2.41. The average Bonchev–Trinajstić information content (AvgIpc) is 2.48. The van der Waals surface area contributed by atoms with E-state index in [-0.39, 0.29) is 12.3 Å². The van der Waals surface area contributed by atoms with Crippen molar-refractivity contribution >= 4 is 15.6 Å². The van der Waals surface area contributed by atoms with Crippen molar-refractivity contribution in [3.63, 3.8) is 0 Å². The number of hydrogen-bond donors (Lipinski definition) is 4. The number of rotatable bonds is 15. The third-order valence-electron chi connectivity index (χ3n) is 4.68. The average molecular weight is 418 g/mol. The molecule has 158 valence electrons. The van der Waals surface area contributed by atoms with Gasteiger partial charge in [0.15, 0.2) is 5.79 Å². The Morgan fingerprint density at radius 2 is 1.27 bits per heavy atom. The fourth-order valence-corrected chi connectivity index (χ4v) is 4.73. The smallest absolute Gasteiger partial charge is 0.303 e. The van der Waals surface area contributed by atoms with Gasteiger partial charge in [0.1, 0.15) is 0 Å². The third kappa shape index (κ3) is 10.5. The molecule has 0 saturated heterocycles. The van der Waals surface area contributed by atoms with E-state index in [9.17, 15) is 28.7 Å². The summed E-state index contributed by atoms with van der Waals surface area (Å²) in [5, 5.41) is 0. The molecule has 10 heteroatoms. The van der Waals surface area contributed by atoms with E-state index in [0.29, 0.717) is 19.3 Å². The maximum atomic E-state index is 11.7. The molecule has 0 aromatic heterocycles. The summed E-state index contributed by atoms with van der Waals surface area (Å²) in [5.41, 5.74) is 0. The molecular formula is C16H36O8P2. The molecule has 0 aromatic rings. The normalized spacial score (nSPS) is 15.8. The van der Waals surface area contributed by atoms with Gasteiger partial charge in [-0.15, -0.1) is 0 Å². The van der Waals surface area contributed by atoms with Crippen LogP contribution in [0.3, 0.4) is 0 Å². The molecule has 8 nitrogen and oxygen atoms in total.